The zero-order valence-corrected chi connectivity index (χ0v) is 46.8. The summed E-state index contributed by atoms with van der Waals surface area (Å²) in [6.07, 6.45) is 37.9. The minimum atomic E-state index is -1.81. The molecule has 0 bridgehead atoms. The number of unbranched alkanes of at least 4 members (excludes halogenated alkanes) is 30. The normalized spacial score (nSPS) is 11.0. The molecule has 0 N–H and O–H groups in total. The lowest BCUT2D eigenvalue weighted by atomic mass is 10.0. The highest BCUT2D eigenvalue weighted by Crippen LogP contribution is 2.32. The summed E-state index contributed by atoms with van der Waals surface area (Å²) in [7, 11) is 0. The van der Waals surface area contributed by atoms with Gasteiger partial charge in [0, 0.05) is 17.2 Å². The van der Waals surface area contributed by atoms with Gasteiger partial charge in [-0.05, 0) is 88.1 Å². The first-order valence-corrected chi connectivity index (χ1v) is 29.1. The molecule has 0 unspecified atom stereocenters. The van der Waals surface area contributed by atoms with Crippen molar-refractivity contribution in [1.29, 1.82) is 0 Å². The van der Waals surface area contributed by atoms with Crippen molar-refractivity contribution in [2.75, 3.05) is 26.4 Å². The molecule has 3 rings (SSSR count). The fourth-order valence-electron chi connectivity index (χ4n) is 8.72. The molecular formula is C64H91F3O10. The van der Waals surface area contributed by atoms with Crippen LogP contribution in [0, 0.1) is 17.5 Å². The van der Waals surface area contributed by atoms with Crippen molar-refractivity contribution in [3.8, 4) is 23.0 Å². The highest BCUT2D eigenvalue weighted by atomic mass is 19.2. The molecule has 0 saturated carbocycles. The maximum atomic E-state index is 15.1. The van der Waals surface area contributed by atoms with E-state index in [0.717, 1.165) is 64.2 Å². The van der Waals surface area contributed by atoms with E-state index in [-0.39, 0.29) is 23.1 Å². The van der Waals surface area contributed by atoms with Crippen molar-refractivity contribution in [1.82, 2.24) is 0 Å². The summed E-state index contributed by atoms with van der Waals surface area (Å²) in [6.45, 7) is 12.5. The van der Waals surface area contributed by atoms with Gasteiger partial charge in [-0.1, -0.05) is 193 Å². The molecular weight excluding hydrogens is 986 g/mol. The Morgan fingerprint density at radius 2 is 0.649 bits per heavy atom. The van der Waals surface area contributed by atoms with E-state index in [4.69, 9.17) is 28.4 Å². The molecule has 0 spiro atoms. The molecule has 77 heavy (non-hydrogen) atoms. The van der Waals surface area contributed by atoms with Gasteiger partial charge in [0.1, 0.15) is 11.5 Å². The first-order valence-electron chi connectivity index (χ1n) is 29.1. The van der Waals surface area contributed by atoms with Gasteiger partial charge < -0.3 is 28.4 Å². The molecule has 0 heterocycles. The van der Waals surface area contributed by atoms with Crippen molar-refractivity contribution in [2.24, 2.45) is 0 Å². The second-order valence-electron chi connectivity index (χ2n) is 20.5. The topological polar surface area (TPSA) is 124 Å². The Morgan fingerprint density at radius 3 is 0.948 bits per heavy atom. The third-order valence-electron chi connectivity index (χ3n) is 13.4. The van der Waals surface area contributed by atoms with Gasteiger partial charge in [0.25, 0.3) is 0 Å². The number of ether oxygens (including phenoxy) is 6. The highest BCUT2D eigenvalue weighted by Gasteiger charge is 2.26. The van der Waals surface area contributed by atoms with Gasteiger partial charge in [0.2, 0.25) is 17.4 Å². The van der Waals surface area contributed by atoms with E-state index >= 15 is 13.2 Å². The van der Waals surface area contributed by atoms with Crippen LogP contribution in [0.25, 0.3) is 0 Å². The number of hydrogen-bond donors (Lipinski definition) is 0. The van der Waals surface area contributed by atoms with Crippen LogP contribution in [0.5, 0.6) is 23.0 Å². The van der Waals surface area contributed by atoms with Crippen molar-refractivity contribution in [3.05, 3.63) is 107 Å². The third-order valence-corrected chi connectivity index (χ3v) is 13.4. The summed E-state index contributed by atoms with van der Waals surface area (Å²) in [5.41, 5.74) is 0.888. The molecule has 3 aromatic rings. The van der Waals surface area contributed by atoms with Gasteiger partial charge in [0.05, 0.1) is 37.6 Å². The lowest BCUT2D eigenvalue weighted by Gasteiger charge is -2.12. The SMILES string of the molecule is C=C(C)C(=O)OCCCCCCCCCCCCCCCCCCOc1ccc(C(=O)Oc2cc(F)c(OC(=O)c3ccc(OCCCCCCCCCCCCCCCCCCOC(=O)C(=C)C)cc3)c(F)c2F)cc1. The Labute approximate surface area is 459 Å². The number of benzene rings is 3. The molecule has 0 aliphatic heterocycles. The molecule has 0 radical (unpaired) electrons. The van der Waals surface area contributed by atoms with Gasteiger partial charge in [-0.3, -0.25) is 0 Å². The van der Waals surface area contributed by atoms with E-state index in [1.807, 2.05) is 0 Å². The van der Waals surface area contributed by atoms with E-state index in [2.05, 4.69) is 13.2 Å². The van der Waals surface area contributed by atoms with Crippen LogP contribution in [0.15, 0.2) is 78.9 Å². The molecule has 0 aliphatic rings. The van der Waals surface area contributed by atoms with Crippen LogP contribution in [-0.4, -0.2) is 50.3 Å². The molecule has 0 amide bonds. The number of esters is 4. The quantitative estimate of drug-likeness (QED) is 0.0178. The van der Waals surface area contributed by atoms with Crippen LogP contribution >= 0.6 is 0 Å². The van der Waals surface area contributed by atoms with Gasteiger partial charge in [-0.15, -0.1) is 0 Å². The lowest BCUT2D eigenvalue weighted by Crippen LogP contribution is -2.14. The fourth-order valence-corrected chi connectivity index (χ4v) is 8.72. The molecule has 0 aliphatic carbocycles. The van der Waals surface area contributed by atoms with Crippen molar-refractivity contribution in [2.45, 2.75) is 219 Å². The van der Waals surface area contributed by atoms with Crippen molar-refractivity contribution < 1.29 is 60.8 Å². The van der Waals surface area contributed by atoms with Crippen molar-refractivity contribution >= 4 is 23.9 Å². The van der Waals surface area contributed by atoms with Crippen LogP contribution in [0.1, 0.15) is 240 Å². The molecule has 10 nitrogen and oxygen atoms in total. The van der Waals surface area contributed by atoms with Crippen LogP contribution < -0.4 is 18.9 Å². The largest absolute Gasteiger partial charge is 0.494 e. The number of carbonyl (C=O) groups is 4. The molecule has 0 atom stereocenters. The van der Waals surface area contributed by atoms with E-state index in [1.165, 1.54) is 166 Å². The summed E-state index contributed by atoms with van der Waals surface area (Å²) < 4.78 is 76.9. The second-order valence-corrected chi connectivity index (χ2v) is 20.5. The Morgan fingerprint density at radius 1 is 0.377 bits per heavy atom. The van der Waals surface area contributed by atoms with Crippen LogP contribution in [0.2, 0.25) is 0 Å². The Hall–Kier alpha value is -5.59. The highest BCUT2D eigenvalue weighted by molar-refractivity contribution is 5.92. The minimum absolute atomic E-state index is 0.0159. The number of hydrogen-bond acceptors (Lipinski definition) is 10. The van der Waals surface area contributed by atoms with E-state index < -0.39 is 40.9 Å². The molecule has 428 valence electrons. The zero-order chi connectivity index (χ0) is 55.7. The van der Waals surface area contributed by atoms with Crippen LogP contribution in [0.4, 0.5) is 13.2 Å². The molecule has 3 aromatic carbocycles. The molecule has 0 saturated heterocycles. The van der Waals surface area contributed by atoms with Gasteiger partial charge >= 0.3 is 23.9 Å². The van der Waals surface area contributed by atoms with E-state index in [9.17, 15) is 19.2 Å². The summed E-state index contributed by atoms with van der Waals surface area (Å²) in [5.74, 6) is -8.85. The third kappa shape index (κ3) is 30.2. The molecule has 0 fully saturated rings. The Kier molecular flexibility index (Phi) is 35.4. The Bertz CT molecular complexity index is 2160. The first kappa shape index (κ1) is 65.7. The smallest absolute Gasteiger partial charge is 0.343 e. The average molecular weight is 1080 g/mol. The summed E-state index contributed by atoms with van der Waals surface area (Å²) in [5, 5.41) is 0. The van der Waals surface area contributed by atoms with Gasteiger partial charge in [-0.2, -0.15) is 8.78 Å². The number of halogens is 3. The summed E-state index contributed by atoms with van der Waals surface area (Å²) in [6, 6.07) is 12.3. The first-order chi connectivity index (χ1) is 37.4. The van der Waals surface area contributed by atoms with E-state index in [1.54, 1.807) is 38.1 Å². The van der Waals surface area contributed by atoms with Gasteiger partial charge in [0.15, 0.2) is 11.6 Å². The summed E-state index contributed by atoms with van der Waals surface area (Å²) in [4.78, 5) is 48.3. The number of rotatable bonds is 46. The number of carbonyl (C=O) groups excluding carboxylic acids is 4. The molecule has 13 heteroatoms. The molecule has 0 aromatic heterocycles. The second kappa shape index (κ2) is 41.5. The van der Waals surface area contributed by atoms with Gasteiger partial charge in [-0.25, -0.2) is 23.6 Å². The monoisotopic (exact) mass is 1080 g/mol. The average Bonchev–Trinajstić information content (AvgIpc) is 3.43. The fraction of sp³-hybridized carbons (Fsp3) is 0.594. The Balaban J connectivity index is 1.18. The predicted octanol–water partition coefficient (Wildman–Crippen LogP) is 18.0. The lowest BCUT2D eigenvalue weighted by molar-refractivity contribution is -0.139. The van der Waals surface area contributed by atoms with Crippen LogP contribution in [-0.2, 0) is 19.1 Å². The van der Waals surface area contributed by atoms with Crippen molar-refractivity contribution in [3.63, 3.8) is 0 Å². The minimum Gasteiger partial charge on any atom is -0.494 e. The standard InChI is InChI=1S/C64H91F3O10/c1-50(2)61(68)74-47-35-31-27-23-19-15-11-7-5-9-13-17-21-25-29-33-45-72-54-41-37-52(38-42-54)63(70)76-57-49-56(65)60(59(67)58(57)66)77-64(71)53-39-43-55(44-40-53)73-46-34-30-26-22-18-14-10-6-8-12-16-20-24-28-32-36-48-75-62(69)51(3)4/h37-44,49H,1,3,5-36,45-48H2,2,4H3. The summed E-state index contributed by atoms with van der Waals surface area (Å²) >= 11 is 0. The zero-order valence-electron chi connectivity index (χ0n) is 46.8. The maximum Gasteiger partial charge on any atom is 0.343 e. The van der Waals surface area contributed by atoms with Crippen LogP contribution in [0.3, 0.4) is 0 Å². The predicted molar refractivity (Wildman–Crippen MR) is 299 cm³/mol. The maximum absolute atomic E-state index is 15.1. The van der Waals surface area contributed by atoms with E-state index in [0.29, 0.717) is 55.1 Å².